The first-order valence-electron chi connectivity index (χ1n) is 12.1. The van der Waals surface area contributed by atoms with Gasteiger partial charge in [-0.1, -0.05) is 32.9 Å². The van der Waals surface area contributed by atoms with Crippen LogP contribution in [0.4, 0.5) is 0 Å². The van der Waals surface area contributed by atoms with Gasteiger partial charge < -0.3 is 20.3 Å². The molecular formula is C25H45N4OP. The Balaban J connectivity index is 1.32. The van der Waals surface area contributed by atoms with Gasteiger partial charge in [-0.05, 0) is 48.5 Å². The monoisotopic (exact) mass is 448 g/mol. The lowest BCUT2D eigenvalue weighted by atomic mass is 9.77. The van der Waals surface area contributed by atoms with Crippen LogP contribution in [0.1, 0.15) is 47.0 Å². The lowest BCUT2D eigenvalue weighted by Gasteiger charge is -2.55. The molecule has 2 N–H and O–H groups in total. The van der Waals surface area contributed by atoms with Crippen molar-refractivity contribution in [3.8, 4) is 0 Å². The van der Waals surface area contributed by atoms with Crippen LogP contribution in [0.15, 0.2) is 23.3 Å². The second-order valence-electron chi connectivity index (χ2n) is 11.1. The van der Waals surface area contributed by atoms with Gasteiger partial charge in [0.05, 0.1) is 6.10 Å². The van der Waals surface area contributed by atoms with E-state index in [1.807, 2.05) is 5.80 Å². The molecular weight excluding hydrogens is 403 g/mol. The molecule has 0 aliphatic carbocycles. The molecule has 6 heteroatoms. The molecule has 1 unspecified atom stereocenters. The van der Waals surface area contributed by atoms with Gasteiger partial charge in [0.1, 0.15) is 0 Å². The van der Waals surface area contributed by atoms with Gasteiger partial charge in [-0.2, -0.15) is 0 Å². The van der Waals surface area contributed by atoms with Crippen LogP contribution >= 0.6 is 8.86 Å². The van der Waals surface area contributed by atoms with E-state index in [9.17, 15) is 0 Å². The van der Waals surface area contributed by atoms with Crippen LogP contribution < -0.4 is 10.6 Å². The molecule has 0 saturated carbocycles. The van der Waals surface area contributed by atoms with Crippen molar-refractivity contribution in [3.05, 3.63) is 23.3 Å². The van der Waals surface area contributed by atoms with Crippen molar-refractivity contribution >= 4 is 14.7 Å². The standard InChI is InChI=1S/C25H45N4OP/c1-21(14-31)22(12-26-20-27-13-23-9-5-6-11-30-23)8-7-10-28-17-25(4,18-28)19-29-15-24(2,3)16-29/h7-8,14,23,26-27,31H,5-6,9-13,15-20H2,1-4H3/b8-7-,22-21+. The number of allylic oxidation sites excluding steroid dienone is 1. The van der Waals surface area contributed by atoms with E-state index in [1.165, 1.54) is 63.1 Å². The van der Waals surface area contributed by atoms with Gasteiger partial charge >= 0.3 is 0 Å². The second kappa shape index (κ2) is 11.5. The van der Waals surface area contributed by atoms with Gasteiger partial charge in [0.25, 0.3) is 0 Å². The second-order valence-corrected chi connectivity index (χ2v) is 11.4. The average Bonchev–Trinajstić information content (AvgIpc) is 2.69. The Morgan fingerprint density at radius 1 is 1.10 bits per heavy atom. The van der Waals surface area contributed by atoms with Crippen molar-refractivity contribution in [1.29, 1.82) is 0 Å². The maximum Gasteiger partial charge on any atom is 0.0699 e. The normalized spacial score (nSPS) is 26.9. The van der Waals surface area contributed by atoms with Crippen molar-refractivity contribution in [2.45, 2.75) is 53.1 Å². The first-order chi connectivity index (χ1) is 14.8. The van der Waals surface area contributed by atoms with Crippen molar-refractivity contribution in [3.63, 3.8) is 0 Å². The fourth-order valence-electron chi connectivity index (χ4n) is 5.33. The summed E-state index contributed by atoms with van der Waals surface area (Å²) in [6, 6.07) is 0. The summed E-state index contributed by atoms with van der Waals surface area (Å²) in [5.74, 6) is 2.01. The number of hydrogen-bond donors (Lipinski definition) is 2. The van der Waals surface area contributed by atoms with Gasteiger partial charge in [-0.3, -0.25) is 4.90 Å². The van der Waals surface area contributed by atoms with E-state index in [4.69, 9.17) is 4.74 Å². The molecule has 0 aromatic carbocycles. The molecule has 0 aromatic heterocycles. The van der Waals surface area contributed by atoms with E-state index in [0.717, 1.165) is 32.9 Å². The van der Waals surface area contributed by atoms with Crippen LogP contribution in [0.2, 0.25) is 0 Å². The van der Waals surface area contributed by atoms with Crippen LogP contribution in [0.5, 0.6) is 0 Å². The van der Waals surface area contributed by atoms with Crippen molar-refractivity contribution in [2.75, 3.05) is 65.6 Å². The Labute approximate surface area is 192 Å². The summed E-state index contributed by atoms with van der Waals surface area (Å²) in [6.07, 6.45) is 8.69. The number of nitrogens with zero attached hydrogens (tertiary/aromatic N) is 2. The van der Waals surface area contributed by atoms with Crippen LogP contribution in [0, 0.1) is 10.8 Å². The maximum absolute atomic E-state index is 5.78. The van der Waals surface area contributed by atoms with E-state index in [2.05, 4.69) is 69.1 Å². The minimum absolute atomic E-state index is 0.387. The van der Waals surface area contributed by atoms with Gasteiger partial charge in [0, 0.05) is 71.0 Å². The van der Waals surface area contributed by atoms with Crippen molar-refractivity contribution in [2.24, 2.45) is 10.8 Å². The van der Waals surface area contributed by atoms with Crippen LogP contribution in [-0.2, 0) is 4.74 Å². The predicted molar refractivity (Wildman–Crippen MR) is 135 cm³/mol. The molecule has 0 bridgehead atoms. The fraction of sp³-hybridized carbons (Fsp3) is 0.800. The Hall–Kier alpha value is -0.550. The number of nitrogens with one attached hydrogen (secondary N) is 2. The van der Waals surface area contributed by atoms with Gasteiger partial charge in [-0.25, -0.2) is 0 Å². The molecule has 3 saturated heterocycles. The minimum Gasteiger partial charge on any atom is -0.377 e. The Kier molecular flexibility index (Phi) is 9.34. The average molecular weight is 449 g/mol. The summed E-state index contributed by atoms with van der Waals surface area (Å²) in [4.78, 5) is 5.19. The summed E-state index contributed by atoms with van der Waals surface area (Å²) < 4.78 is 5.78. The quantitative estimate of drug-likeness (QED) is 0.208. The summed E-state index contributed by atoms with van der Waals surface area (Å²) in [7, 11) is 3.55. The fourth-order valence-corrected chi connectivity index (χ4v) is 5.52. The van der Waals surface area contributed by atoms with Gasteiger partial charge in [0.2, 0.25) is 0 Å². The van der Waals surface area contributed by atoms with Crippen molar-refractivity contribution < 1.29 is 4.74 Å². The minimum atomic E-state index is 0.387. The zero-order valence-electron chi connectivity index (χ0n) is 20.3. The molecule has 1 atom stereocenters. The molecule has 0 radical (unpaired) electrons. The topological polar surface area (TPSA) is 39.8 Å². The molecule has 3 fully saturated rings. The highest BCUT2D eigenvalue weighted by atomic mass is 31.0. The SMILES string of the molecule is C/C(C=P)=C(/C=C\CN1CC(C)(CN2CC(C)(C)C2)C1)CNCNCC1CCCCO1. The largest absolute Gasteiger partial charge is 0.377 e. The van der Waals surface area contributed by atoms with E-state index in [1.54, 1.807) is 0 Å². The molecule has 0 amide bonds. The molecule has 3 heterocycles. The number of likely N-dealkylation sites (tertiary alicyclic amines) is 2. The summed E-state index contributed by atoms with van der Waals surface area (Å²) in [5.41, 5.74) is 3.60. The maximum atomic E-state index is 5.78. The number of hydrogen-bond acceptors (Lipinski definition) is 5. The van der Waals surface area contributed by atoms with Crippen molar-refractivity contribution in [1.82, 2.24) is 20.4 Å². The zero-order valence-corrected chi connectivity index (χ0v) is 21.3. The Bertz CT molecular complexity index is 640. The van der Waals surface area contributed by atoms with Gasteiger partial charge in [0.15, 0.2) is 0 Å². The van der Waals surface area contributed by atoms with E-state index in [-0.39, 0.29) is 0 Å². The van der Waals surface area contributed by atoms with E-state index < -0.39 is 0 Å². The number of ether oxygens (including phenoxy) is 1. The Morgan fingerprint density at radius 3 is 2.52 bits per heavy atom. The zero-order chi connectivity index (χ0) is 22.3. The highest BCUT2D eigenvalue weighted by Crippen LogP contribution is 2.36. The first kappa shape index (κ1) is 25.1. The smallest absolute Gasteiger partial charge is 0.0699 e. The lowest BCUT2D eigenvalue weighted by molar-refractivity contribution is -0.0566. The molecule has 3 aliphatic rings. The van der Waals surface area contributed by atoms with Crippen LogP contribution in [-0.4, -0.2) is 87.3 Å². The van der Waals surface area contributed by atoms with E-state index in [0.29, 0.717) is 16.9 Å². The van der Waals surface area contributed by atoms with Crippen LogP contribution in [0.25, 0.3) is 0 Å². The molecule has 0 aromatic rings. The summed E-state index contributed by atoms with van der Waals surface area (Å²) in [6.45, 7) is 20.1. The third kappa shape index (κ3) is 8.07. The van der Waals surface area contributed by atoms with Gasteiger partial charge in [-0.15, -0.1) is 8.86 Å². The van der Waals surface area contributed by atoms with Crippen LogP contribution in [0.3, 0.4) is 0 Å². The number of rotatable bonds is 12. The first-order valence-corrected chi connectivity index (χ1v) is 12.7. The molecule has 3 aliphatic heterocycles. The lowest BCUT2D eigenvalue weighted by Crippen LogP contribution is -2.63. The molecule has 31 heavy (non-hydrogen) atoms. The molecule has 5 nitrogen and oxygen atoms in total. The third-order valence-corrected chi connectivity index (χ3v) is 7.17. The molecule has 3 rings (SSSR count). The molecule has 176 valence electrons. The Morgan fingerprint density at radius 2 is 1.87 bits per heavy atom. The van der Waals surface area contributed by atoms with E-state index >= 15 is 0 Å². The summed E-state index contributed by atoms with van der Waals surface area (Å²) >= 11 is 0. The molecule has 0 spiro atoms. The third-order valence-electron chi connectivity index (χ3n) is 6.74. The highest BCUT2D eigenvalue weighted by Gasteiger charge is 2.43. The summed E-state index contributed by atoms with van der Waals surface area (Å²) in [5, 5.41) is 7.01. The highest BCUT2D eigenvalue weighted by molar-refractivity contribution is 7.19. The predicted octanol–water partition coefficient (Wildman–Crippen LogP) is 3.17.